The molecule has 22 heavy (non-hydrogen) atoms. The van der Waals surface area contributed by atoms with Gasteiger partial charge in [-0.05, 0) is 29.5 Å². The van der Waals surface area contributed by atoms with E-state index in [1.54, 1.807) is 11.8 Å². The zero-order valence-corrected chi connectivity index (χ0v) is 14.5. The average molecular weight is 313 g/mol. The quantitative estimate of drug-likeness (QED) is 0.420. The first-order valence-corrected chi connectivity index (χ1v) is 8.62. The van der Waals surface area contributed by atoms with Crippen LogP contribution in [0.4, 0.5) is 0 Å². The summed E-state index contributed by atoms with van der Waals surface area (Å²) in [5.74, 6) is 0. The first-order chi connectivity index (χ1) is 10.5. The summed E-state index contributed by atoms with van der Waals surface area (Å²) in [6.45, 7) is 6.95. The van der Waals surface area contributed by atoms with Crippen molar-refractivity contribution in [3.05, 3.63) is 65.7 Å². The Morgan fingerprint density at radius 2 is 1.64 bits per heavy atom. The van der Waals surface area contributed by atoms with Gasteiger partial charge in [0.05, 0.1) is 5.71 Å². The molecule has 0 aliphatic heterocycles. The predicted molar refractivity (Wildman–Crippen MR) is 95.4 cm³/mol. The summed E-state index contributed by atoms with van der Waals surface area (Å²) in [7, 11) is 0. The van der Waals surface area contributed by atoms with Crippen molar-refractivity contribution in [2.24, 2.45) is 10.6 Å². The maximum absolute atomic E-state index is 5.60. The van der Waals surface area contributed by atoms with Crippen LogP contribution in [0.3, 0.4) is 0 Å². The highest BCUT2D eigenvalue weighted by atomic mass is 32.2. The number of benzene rings is 2. The highest BCUT2D eigenvalue weighted by molar-refractivity contribution is 7.98. The second kappa shape index (κ2) is 7.50. The molecule has 0 fully saturated rings. The topological polar surface area (TPSA) is 21.6 Å². The second-order valence-electron chi connectivity index (χ2n) is 6.18. The molecule has 0 unspecified atom stereocenters. The van der Waals surface area contributed by atoms with Crippen molar-refractivity contribution in [1.29, 1.82) is 0 Å². The highest BCUT2D eigenvalue weighted by Gasteiger charge is 2.21. The molecule has 2 aromatic carbocycles. The van der Waals surface area contributed by atoms with Crippen LogP contribution in [0.5, 0.6) is 0 Å². The van der Waals surface area contributed by atoms with Crippen molar-refractivity contribution in [3.63, 3.8) is 0 Å². The van der Waals surface area contributed by atoms with Crippen LogP contribution in [-0.4, -0.2) is 12.0 Å². The van der Waals surface area contributed by atoms with E-state index in [2.05, 4.69) is 56.4 Å². The summed E-state index contributed by atoms with van der Waals surface area (Å²) >= 11 is 1.74. The number of thioether (sulfide) groups is 1. The molecule has 0 atom stereocenters. The first kappa shape index (κ1) is 16.6. The molecular formula is C19H23NOS. The molecule has 0 aliphatic carbocycles. The molecule has 0 aromatic heterocycles. The van der Waals surface area contributed by atoms with E-state index in [4.69, 9.17) is 4.84 Å². The van der Waals surface area contributed by atoms with Crippen LogP contribution in [0.15, 0.2) is 64.6 Å². The van der Waals surface area contributed by atoms with Crippen LogP contribution >= 0.6 is 11.8 Å². The third-order valence-corrected chi connectivity index (χ3v) is 4.05. The molecule has 0 amide bonds. The zero-order chi connectivity index (χ0) is 16.0. The largest absolute Gasteiger partial charge is 0.391 e. The molecule has 0 spiro atoms. The summed E-state index contributed by atoms with van der Waals surface area (Å²) in [4.78, 5) is 6.85. The van der Waals surface area contributed by atoms with Crippen molar-refractivity contribution < 1.29 is 4.84 Å². The minimum Gasteiger partial charge on any atom is -0.391 e. The Morgan fingerprint density at radius 3 is 2.18 bits per heavy atom. The van der Waals surface area contributed by atoms with Crippen LogP contribution in [0.25, 0.3) is 0 Å². The van der Waals surface area contributed by atoms with Gasteiger partial charge in [-0.1, -0.05) is 68.4 Å². The average Bonchev–Trinajstić information content (AvgIpc) is 2.52. The Kier molecular flexibility index (Phi) is 5.67. The van der Waals surface area contributed by atoms with Gasteiger partial charge in [-0.3, -0.25) is 0 Å². The molecule has 0 radical (unpaired) electrons. The number of nitrogens with zero attached hydrogens (tertiary/aromatic N) is 1. The van der Waals surface area contributed by atoms with Crippen molar-refractivity contribution in [1.82, 2.24) is 0 Å². The Bertz CT molecular complexity index is 612. The smallest absolute Gasteiger partial charge is 0.142 e. The lowest BCUT2D eigenvalue weighted by Crippen LogP contribution is -2.22. The van der Waals surface area contributed by atoms with Crippen molar-refractivity contribution in [2.45, 2.75) is 32.3 Å². The molecule has 3 heteroatoms. The van der Waals surface area contributed by atoms with Gasteiger partial charge in [0.25, 0.3) is 0 Å². The molecule has 0 N–H and O–H groups in total. The molecule has 0 heterocycles. The Hall–Kier alpha value is -1.74. The number of hydrogen-bond acceptors (Lipinski definition) is 3. The van der Waals surface area contributed by atoms with E-state index in [9.17, 15) is 0 Å². The van der Waals surface area contributed by atoms with Crippen molar-refractivity contribution in [3.8, 4) is 0 Å². The third-order valence-electron chi connectivity index (χ3n) is 3.30. The van der Waals surface area contributed by atoms with Gasteiger partial charge >= 0.3 is 0 Å². The molecule has 0 saturated carbocycles. The summed E-state index contributed by atoms with van der Waals surface area (Å²) in [6.07, 6.45) is 2.08. The first-order valence-electron chi connectivity index (χ1n) is 7.39. The van der Waals surface area contributed by atoms with E-state index in [-0.39, 0.29) is 5.41 Å². The third kappa shape index (κ3) is 4.63. The molecule has 0 bridgehead atoms. The zero-order valence-electron chi connectivity index (χ0n) is 13.7. The lowest BCUT2D eigenvalue weighted by molar-refractivity contribution is 0.128. The van der Waals surface area contributed by atoms with E-state index in [1.807, 2.05) is 30.3 Å². The van der Waals surface area contributed by atoms with Crippen LogP contribution in [0.1, 0.15) is 31.9 Å². The van der Waals surface area contributed by atoms with Crippen molar-refractivity contribution >= 4 is 17.5 Å². The molecule has 2 aromatic rings. The van der Waals surface area contributed by atoms with Crippen LogP contribution < -0.4 is 0 Å². The fourth-order valence-corrected chi connectivity index (χ4v) is 2.53. The lowest BCUT2D eigenvalue weighted by Gasteiger charge is -2.21. The second-order valence-corrected chi connectivity index (χ2v) is 7.06. The summed E-state index contributed by atoms with van der Waals surface area (Å²) in [5.41, 5.74) is 3.13. The molecule has 0 aliphatic rings. The number of hydrogen-bond donors (Lipinski definition) is 0. The van der Waals surface area contributed by atoms with Gasteiger partial charge < -0.3 is 4.84 Å². The Balaban J connectivity index is 2.16. The van der Waals surface area contributed by atoms with Crippen LogP contribution in [0, 0.1) is 5.41 Å². The number of rotatable bonds is 5. The molecule has 2 nitrogen and oxygen atoms in total. The monoisotopic (exact) mass is 313 g/mol. The molecule has 2 rings (SSSR count). The van der Waals surface area contributed by atoms with Gasteiger partial charge in [0.1, 0.15) is 6.61 Å². The van der Waals surface area contributed by atoms with Gasteiger partial charge in [-0.2, -0.15) is 0 Å². The van der Waals surface area contributed by atoms with E-state index >= 15 is 0 Å². The normalized spacial score (nSPS) is 12.3. The summed E-state index contributed by atoms with van der Waals surface area (Å²) in [5, 5.41) is 4.43. The van der Waals surface area contributed by atoms with Crippen LogP contribution in [0.2, 0.25) is 0 Å². The maximum Gasteiger partial charge on any atom is 0.142 e. The molecule has 0 saturated heterocycles. The van der Waals surface area contributed by atoms with E-state index in [0.717, 1.165) is 16.8 Å². The number of oxime groups is 1. The van der Waals surface area contributed by atoms with E-state index < -0.39 is 0 Å². The molecule has 116 valence electrons. The summed E-state index contributed by atoms with van der Waals surface area (Å²) < 4.78 is 0. The maximum atomic E-state index is 5.60. The SMILES string of the molecule is CSc1ccc(C(=NOCc2ccccc2)C(C)(C)C)cc1. The lowest BCUT2D eigenvalue weighted by atomic mass is 9.86. The fourth-order valence-electron chi connectivity index (χ4n) is 2.12. The van der Waals surface area contributed by atoms with Gasteiger partial charge in [-0.25, -0.2) is 0 Å². The van der Waals surface area contributed by atoms with E-state index in [0.29, 0.717) is 6.61 Å². The Morgan fingerprint density at radius 1 is 1.00 bits per heavy atom. The van der Waals surface area contributed by atoms with Gasteiger partial charge in [0.15, 0.2) is 0 Å². The standard InChI is InChI=1S/C19H23NOS/c1-19(2,3)18(16-10-12-17(22-4)13-11-16)20-21-14-15-8-6-5-7-9-15/h5-13H,14H2,1-4H3. The van der Waals surface area contributed by atoms with Crippen molar-refractivity contribution in [2.75, 3.05) is 6.26 Å². The minimum absolute atomic E-state index is 0.0719. The van der Waals surface area contributed by atoms with Gasteiger partial charge in [-0.15, -0.1) is 11.8 Å². The Labute approximate surface area is 137 Å². The minimum atomic E-state index is -0.0719. The highest BCUT2D eigenvalue weighted by Crippen LogP contribution is 2.24. The fraction of sp³-hybridized carbons (Fsp3) is 0.316. The van der Waals surface area contributed by atoms with Gasteiger partial charge in [0.2, 0.25) is 0 Å². The molecular weight excluding hydrogens is 290 g/mol. The van der Waals surface area contributed by atoms with Crippen LogP contribution in [-0.2, 0) is 11.4 Å². The van der Waals surface area contributed by atoms with E-state index in [1.165, 1.54) is 4.90 Å². The predicted octanol–water partition coefficient (Wildman–Crippen LogP) is 5.38. The summed E-state index contributed by atoms with van der Waals surface area (Å²) in [6, 6.07) is 18.6. The van der Waals surface area contributed by atoms with Gasteiger partial charge in [0, 0.05) is 10.3 Å².